The molecule has 1 N–H and O–H groups in total. The number of ether oxygens (including phenoxy) is 2. The van der Waals surface area contributed by atoms with Gasteiger partial charge in [-0.05, 0) is 38.1 Å². The maximum Gasteiger partial charge on any atom is 0.262 e. The molecule has 0 saturated heterocycles. The number of rotatable bonds is 7. The van der Waals surface area contributed by atoms with Gasteiger partial charge in [0.05, 0.1) is 11.4 Å². The van der Waals surface area contributed by atoms with Crippen molar-refractivity contribution in [1.82, 2.24) is 9.38 Å². The van der Waals surface area contributed by atoms with Crippen molar-refractivity contribution in [2.75, 3.05) is 11.9 Å². The lowest BCUT2D eigenvalue weighted by atomic mass is 10.2. The van der Waals surface area contributed by atoms with Crippen molar-refractivity contribution in [3.8, 4) is 11.5 Å². The van der Waals surface area contributed by atoms with Crippen LogP contribution in [0.2, 0.25) is 0 Å². The molecule has 0 atom stereocenters. The van der Waals surface area contributed by atoms with Crippen LogP contribution in [0.25, 0.3) is 4.96 Å². The second-order valence-electron chi connectivity index (χ2n) is 7.01. The molecule has 0 bridgehead atoms. The van der Waals surface area contributed by atoms with Crippen molar-refractivity contribution in [2.45, 2.75) is 20.5 Å². The summed E-state index contributed by atoms with van der Waals surface area (Å²) in [5.41, 5.74) is 2.01. The molecule has 0 unspecified atom stereocenters. The molecule has 0 aliphatic heterocycles. The number of para-hydroxylation sites is 2. The number of hydrogen-bond acceptors (Lipinski definition) is 6. The monoisotopic (exact) mass is 435 g/mol. The van der Waals surface area contributed by atoms with Crippen LogP contribution in [0.4, 0.5) is 5.69 Å². The SMILES string of the molecule is Cc1ccc(OCC(=O)Nc2ccccc2OCc2cc(=O)n3cc(C)sc3n2)cc1. The van der Waals surface area contributed by atoms with Gasteiger partial charge < -0.3 is 14.8 Å². The number of aryl methyl sites for hydroxylation is 2. The van der Waals surface area contributed by atoms with Crippen LogP contribution in [0.5, 0.6) is 11.5 Å². The number of hydrogen-bond donors (Lipinski definition) is 1. The Morgan fingerprint density at radius 2 is 1.87 bits per heavy atom. The van der Waals surface area contributed by atoms with Crippen LogP contribution in [-0.4, -0.2) is 21.9 Å². The van der Waals surface area contributed by atoms with E-state index in [4.69, 9.17) is 9.47 Å². The fourth-order valence-corrected chi connectivity index (χ4v) is 3.80. The first-order valence-electron chi connectivity index (χ1n) is 9.68. The van der Waals surface area contributed by atoms with Crippen LogP contribution in [0.3, 0.4) is 0 Å². The Bertz CT molecular complexity index is 1280. The van der Waals surface area contributed by atoms with Gasteiger partial charge in [0.25, 0.3) is 11.5 Å². The molecule has 0 fully saturated rings. The average Bonchev–Trinajstić information content (AvgIpc) is 3.13. The van der Waals surface area contributed by atoms with Gasteiger partial charge in [0, 0.05) is 17.1 Å². The first kappa shape index (κ1) is 20.6. The van der Waals surface area contributed by atoms with Gasteiger partial charge in [0.15, 0.2) is 11.6 Å². The lowest BCUT2D eigenvalue weighted by molar-refractivity contribution is -0.118. The third-order valence-electron chi connectivity index (χ3n) is 4.46. The predicted octanol–water partition coefficient (Wildman–Crippen LogP) is 3.97. The fourth-order valence-electron chi connectivity index (χ4n) is 2.95. The molecule has 2 aromatic heterocycles. The van der Waals surface area contributed by atoms with Gasteiger partial charge >= 0.3 is 0 Å². The fraction of sp³-hybridized carbons (Fsp3) is 0.174. The highest BCUT2D eigenvalue weighted by Gasteiger charge is 2.11. The van der Waals surface area contributed by atoms with E-state index >= 15 is 0 Å². The van der Waals surface area contributed by atoms with Crippen LogP contribution in [0, 0.1) is 13.8 Å². The molecule has 8 heteroatoms. The largest absolute Gasteiger partial charge is 0.485 e. The minimum absolute atomic E-state index is 0.107. The Morgan fingerprint density at radius 1 is 1.10 bits per heavy atom. The number of thiazole rings is 1. The minimum Gasteiger partial charge on any atom is -0.485 e. The molecular formula is C23H21N3O4S. The molecular weight excluding hydrogens is 414 g/mol. The second-order valence-corrected chi connectivity index (χ2v) is 8.23. The summed E-state index contributed by atoms with van der Waals surface area (Å²) in [7, 11) is 0. The van der Waals surface area contributed by atoms with Crippen molar-refractivity contribution >= 4 is 27.9 Å². The van der Waals surface area contributed by atoms with Crippen molar-refractivity contribution in [3.63, 3.8) is 0 Å². The van der Waals surface area contributed by atoms with Crippen molar-refractivity contribution in [3.05, 3.63) is 87.3 Å². The molecule has 158 valence electrons. The Balaban J connectivity index is 1.40. The topological polar surface area (TPSA) is 81.9 Å². The van der Waals surface area contributed by atoms with Crippen molar-refractivity contribution in [1.29, 1.82) is 0 Å². The number of carbonyl (C=O) groups excluding carboxylic acids is 1. The lowest BCUT2D eigenvalue weighted by Gasteiger charge is -2.13. The molecule has 0 saturated carbocycles. The molecule has 0 spiro atoms. The normalized spacial score (nSPS) is 10.8. The van der Waals surface area contributed by atoms with Gasteiger partial charge in [0.2, 0.25) is 0 Å². The highest BCUT2D eigenvalue weighted by molar-refractivity contribution is 7.16. The quantitative estimate of drug-likeness (QED) is 0.475. The number of carbonyl (C=O) groups is 1. The number of nitrogens with one attached hydrogen (secondary N) is 1. The molecule has 0 aliphatic carbocycles. The summed E-state index contributed by atoms with van der Waals surface area (Å²) in [4.78, 5) is 30.7. The lowest BCUT2D eigenvalue weighted by Crippen LogP contribution is -2.20. The Kier molecular flexibility index (Phi) is 5.99. The van der Waals surface area contributed by atoms with E-state index in [9.17, 15) is 9.59 Å². The smallest absolute Gasteiger partial charge is 0.262 e. The minimum atomic E-state index is -0.302. The third kappa shape index (κ3) is 5.10. The van der Waals surface area contributed by atoms with Crippen LogP contribution < -0.4 is 20.3 Å². The predicted molar refractivity (Wildman–Crippen MR) is 120 cm³/mol. The Hall–Kier alpha value is -3.65. The zero-order valence-corrected chi connectivity index (χ0v) is 17.9. The second kappa shape index (κ2) is 9.01. The number of benzene rings is 2. The van der Waals surface area contributed by atoms with Gasteiger partial charge in [-0.25, -0.2) is 4.98 Å². The first-order valence-corrected chi connectivity index (χ1v) is 10.5. The van der Waals surface area contributed by atoms with Crippen LogP contribution in [0.15, 0.2) is 65.6 Å². The highest BCUT2D eigenvalue weighted by atomic mass is 32.1. The summed E-state index contributed by atoms with van der Waals surface area (Å²) in [5, 5.41) is 2.80. The van der Waals surface area contributed by atoms with E-state index in [1.54, 1.807) is 24.4 Å². The van der Waals surface area contributed by atoms with Crippen LogP contribution in [0.1, 0.15) is 16.1 Å². The van der Waals surface area contributed by atoms with E-state index in [0.29, 0.717) is 27.8 Å². The molecule has 1 amide bonds. The molecule has 31 heavy (non-hydrogen) atoms. The molecule has 7 nitrogen and oxygen atoms in total. The molecule has 2 heterocycles. The summed E-state index contributed by atoms with van der Waals surface area (Å²) < 4.78 is 12.9. The summed E-state index contributed by atoms with van der Waals surface area (Å²) in [5.74, 6) is 0.806. The summed E-state index contributed by atoms with van der Waals surface area (Å²) in [6, 6.07) is 16.0. The molecule has 0 radical (unpaired) electrons. The van der Waals surface area contributed by atoms with Gasteiger partial charge in [-0.2, -0.15) is 0 Å². The van der Waals surface area contributed by atoms with Gasteiger partial charge in [0.1, 0.15) is 18.1 Å². The molecule has 4 rings (SSSR count). The van der Waals surface area contributed by atoms with E-state index in [-0.39, 0.29) is 24.7 Å². The van der Waals surface area contributed by atoms with Crippen LogP contribution >= 0.6 is 11.3 Å². The first-order chi connectivity index (χ1) is 15.0. The maximum atomic E-state index is 12.3. The third-order valence-corrected chi connectivity index (χ3v) is 5.36. The number of anilines is 1. The van der Waals surface area contributed by atoms with Crippen molar-refractivity contribution < 1.29 is 14.3 Å². The number of nitrogens with zero attached hydrogens (tertiary/aromatic N) is 2. The standard InChI is InChI=1S/C23H21N3O4S/c1-15-7-9-18(10-8-15)29-14-21(27)25-19-5-3-4-6-20(19)30-13-17-11-22(28)26-12-16(2)31-23(26)24-17/h3-12H,13-14H2,1-2H3,(H,25,27). The Labute approximate surface area is 182 Å². The summed E-state index contributed by atoms with van der Waals surface area (Å²) in [6.45, 7) is 3.90. The van der Waals surface area contributed by atoms with Gasteiger partial charge in [-0.15, -0.1) is 11.3 Å². The highest BCUT2D eigenvalue weighted by Crippen LogP contribution is 2.25. The number of fused-ring (bicyclic) bond motifs is 1. The van der Waals surface area contributed by atoms with E-state index in [2.05, 4.69) is 10.3 Å². The Morgan fingerprint density at radius 3 is 2.68 bits per heavy atom. The summed E-state index contributed by atoms with van der Waals surface area (Å²) in [6.07, 6.45) is 1.77. The van der Waals surface area contributed by atoms with Crippen LogP contribution in [-0.2, 0) is 11.4 Å². The number of amides is 1. The average molecular weight is 436 g/mol. The van der Waals surface area contributed by atoms with Crippen molar-refractivity contribution in [2.24, 2.45) is 0 Å². The van der Waals surface area contributed by atoms with Gasteiger partial charge in [-0.1, -0.05) is 29.8 Å². The zero-order chi connectivity index (χ0) is 21.8. The summed E-state index contributed by atoms with van der Waals surface area (Å²) >= 11 is 1.44. The van der Waals surface area contributed by atoms with E-state index in [0.717, 1.165) is 10.4 Å². The maximum absolute atomic E-state index is 12.3. The molecule has 0 aliphatic rings. The molecule has 2 aromatic carbocycles. The molecule has 4 aromatic rings. The van der Waals surface area contributed by atoms with Gasteiger partial charge in [-0.3, -0.25) is 14.0 Å². The van der Waals surface area contributed by atoms with E-state index < -0.39 is 0 Å². The van der Waals surface area contributed by atoms with E-state index in [1.807, 2.05) is 44.2 Å². The number of aromatic nitrogens is 2. The zero-order valence-electron chi connectivity index (χ0n) is 17.1. The van der Waals surface area contributed by atoms with E-state index in [1.165, 1.54) is 21.8 Å².